The number of nitrogens with one attached hydrogen (secondary N) is 1. The second kappa shape index (κ2) is 4.98. The lowest BCUT2D eigenvalue weighted by atomic mass is 9.84. The van der Waals surface area contributed by atoms with Gasteiger partial charge >= 0.3 is 0 Å². The van der Waals surface area contributed by atoms with Crippen LogP contribution in [0.5, 0.6) is 0 Å². The van der Waals surface area contributed by atoms with Crippen LogP contribution in [0.1, 0.15) is 19.3 Å². The van der Waals surface area contributed by atoms with Gasteiger partial charge in [0.2, 0.25) is 5.91 Å². The Hall–Kier alpha value is -1.63. The summed E-state index contributed by atoms with van der Waals surface area (Å²) >= 11 is 0. The summed E-state index contributed by atoms with van der Waals surface area (Å²) in [6.45, 7) is 0. The van der Waals surface area contributed by atoms with Gasteiger partial charge in [-0.25, -0.2) is 17.6 Å². The standard InChI is InChI=1S/C14H14F4N2O/c15-7-4-8(16)11(18)13(10(7)17)20-14(21)9-5-1-2-6(3-5)12(9)19/h4-6,9,12H,1-3,19H2,(H,20,21). The Morgan fingerprint density at radius 1 is 1.10 bits per heavy atom. The van der Waals surface area contributed by atoms with Crippen LogP contribution in [0.4, 0.5) is 23.2 Å². The number of benzene rings is 1. The molecule has 0 aromatic heterocycles. The summed E-state index contributed by atoms with van der Waals surface area (Å²) in [6.07, 6.45) is 2.58. The van der Waals surface area contributed by atoms with Crippen molar-refractivity contribution in [3.63, 3.8) is 0 Å². The number of fused-ring (bicyclic) bond motifs is 2. The van der Waals surface area contributed by atoms with Crippen LogP contribution in [-0.4, -0.2) is 11.9 Å². The number of anilines is 1. The molecule has 4 atom stereocenters. The normalized spacial score (nSPS) is 30.7. The maximum atomic E-state index is 13.5. The summed E-state index contributed by atoms with van der Waals surface area (Å²) < 4.78 is 53.3. The Morgan fingerprint density at radius 3 is 2.19 bits per heavy atom. The average molecular weight is 302 g/mol. The van der Waals surface area contributed by atoms with Gasteiger partial charge in [0.25, 0.3) is 0 Å². The van der Waals surface area contributed by atoms with Crippen LogP contribution in [0.25, 0.3) is 0 Å². The number of carbonyl (C=O) groups excluding carboxylic acids is 1. The third-order valence-corrected chi connectivity index (χ3v) is 4.64. The molecule has 2 aliphatic carbocycles. The highest BCUT2D eigenvalue weighted by Crippen LogP contribution is 2.48. The van der Waals surface area contributed by atoms with Gasteiger partial charge in [0.1, 0.15) is 5.69 Å². The van der Waals surface area contributed by atoms with Crippen molar-refractivity contribution in [2.75, 3.05) is 5.32 Å². The molecule has 2 fully saturated rings. The third-order valence-electron chi connectivity index (χ3n) is 4.64. The monoisotopic (exact) mass is 302 g/mol. The predicted molar refractivity (Wildman–Crippen MR) is 67.2 cm³/mol. The molecule has 3 N–H and O–H groups in total. The van der Waals surface area contributed by atoms with E-state index >= 15 is 0 Å². The zero-order valence-corrected chi connectivity index (χ0v) is 11.0. The van der Waals surface area contributed by atoms with E-state index in [0.29, 0.717) is 0 Å². The highest BCUT2D eigenvalue weighted by Gasteiger charge is 2.49. The van der Waals surface area contributed by atoms with Crippen molar-refractivity contribution in [2.45, 2.75) is 25.3 Å². The summed E-state index contributed by atoms with van der Waals surface area (Å²) in [7, 11) is 0. The largest absolute Gasteiger partial charge is 0.327 e. The summed E-state index contributed by atoms with van der Waals surface area (Å²) in [6, 6.07) is -0.280. The molecule has 3 nitrogen and oxygen atoms in total. The zero-order chi connectivity index (χ0) is 15.3. The quantitative estimate of drug-likeness (QED) is 0.651. The molecule has 1 aromatic rings. The number of amides is 1. The van der Waals surface area contributed by atoms with Crippen molar-refractivity contribution in [2.24, 2.45) is 23.5 Å². The Labute approximate surface area is 118 Å². The molecule has 21 heavy (non-hydrogen) atoms. The Balaban J connectivity index is 1.86. The number of nitrogens with two attached hydrogens (primary N) is 1. The molecule has 1 amide bonds. The van der Waals surface area contributed by atoms with E-state index in [0.717, 1.165) is 19.3 Å². The molecule has 1 aromatic carbocycles. The Morgan fingerprint density at radius 2 is 1.67 bits per heavy atom. The van der Waals surface area contributed by atoms with Crippen molar-refractivity contribution in [3.05, 3.63) is 29.3 Å². The van der Waals surface area contributed by atoms with Gasteiger partial charge in [-0.2, -0.15) is 0 Å². The minimum absolute atomic E-state index is 0.0644. The molecule has 0 radical (unpaired) electrons. The van der Waals surface area contributed by atoms with Gasteiger partial charge in [0, 0.05) is 12.1 Å². The van der Waals surface area contributed by atoms with Gasteiger partial charge in [-0.3, -0.25) is 4.79 Å². The highest BCUT2D eigenvalue weighted by molar-refractivity contribution is 5.94. The smallest absolute Gasteiger partial charge is 0.229 e. The van der Waals surface area contributed by atoms with Crippen LogP contribution >= 0.6 is 0 Å². The molecule has 2 aliphatic rings. The fraction of sp³-hybridized carbons (Fsp3) is 0.500. The molecule has 0 heterocycles. The van der Waals surface area contributed by atoms with Gasteiger partial charge in [0.15, 0.2) is 23.3 Å². The van der Waals surface area contributed by atoms with Crippen LogP contribution < -0.4 is 11.1 Å². The second-order valence-electron chi connectivity index (χ2n) is 5.77. The van der Waals surface area contributed by atoms with Crippen molar-refractivity contribution in [1.82, 2.24) is 0 Å². The first kappa shape index (κ1) is 14.3. The lowest BCUT2D eigenvalue weighted by Gasteiger charge is -2.27. The molecule has 0 spiro atoms. The molecule has 3 rings (SSSR count). The molecule has 2 bridgehead atoms. The number of hydrogen-bond acceptors (Lipinski definition) is 2. The van der Waals surface area contributed by atoms with Crippen molar-refractivity contribution in [3.8, 4) is 0 Å². The number of hydrogen-bond donors (Lipinski definition) is 2. The lowest BCUT2D eigenvalue weighted by molar-refractivity contribution is -0.121. The number of rotatable bonds is 2. The number of carbonyl (C=O) groups is 1. The minimum Gasteiger partial charge on any atom is -0.327 e. The van der Waals surface area contributed by atoms with E-state index in [2.05, 4.69) is 0 Å². The first-order valence-corrected chi connectivity index (χ1v) is 6.79. The lowest BCUT2D eigenvalue weighted by Crippen LogP contribution is -2.42. The summed E-state index contributed by atoms with van der Waals surface area (Å²) in [4.78, 5) is 12.2. The van der Waals surface area contributed by atoms with E-state index < -0.39 is 40.8 Å². The fourth-order valence-corrected chi connectivity index (χ4v) is 3.61. The summed E-state index contributed by atoms with van der Waals surface area (Å²) in [5.41, 5.74) is 4.87. The second-order valence-corrected chi connectivity index (χ2v) is 5.77. The molecule has 7 heteroatoms. The Bertz CT molecular complexity index is 579. The maximum Gasteiger partial charge on any atom is 0.229 e. The van der Waals surface area contributed by atoms with E-state index in [4.69, 9.17) is 5.73 Å². The topological polar surface area (TPSA) is 55.1 Å². The predicted octanol–water partition coefficient (Wildman–Crippen LogP) is 2.55. The number of halogens is 4. The van der Waals surface area contributed by atoms with Crippen LogP contribution in [-0.2, 0) is 4.79 Å². The molecular weight excluding hydrogens is 288 g/mol. The van der Waals surface area contributed by atoms with Gasteiger partial charge < -0.3 is 11.1 Å². The van der Waals surface area contributed by atoms with Crippen molar-refractivity contribution >= 4 is 11.6 Å². The first-order chi connectivity index (χ1) is 9.90. The van der Waals surface area contributed by atoms with Crippen LogP contribution in [0, 0.1) is 41.0 Å². The molecule has 4 unspecified atom stereocenters. The van der Waals surface area contributed by atoms with E-state index in [1.807, 2.05) is 5.32 Å². The maximum absolute atomic E-state index is 13.5. The minimum atomic E-state index is -1.61. The highest BCUT2D eigenvalue weighted by atomic mass is 19.2. The third kappa shape index (κ3) is 2.19. The van der Waals surface area contributed by atoms with Crippen LogP contribution in [0.15, 0.2) is 6.07 Å². The van der Waals surface area contributed by atoms with E-state index in [9.17, 15) is 22.4 Å². The molecule has 114 valence electrons. The van der Waals surface area contributed by atoms with E-state index in [1.165, 1.54) is 0 Å². The fourth-order valence-electron chi connectivity index (χ4n) is 3.61. The molecular formula is C14H14F4N2O. The summed E-state index contributed by atoms with van der Waals surface area (Å²) in [5, 5.41) is 1.97. The van der Waals surface area contributed by atoms with E-state index in [-0.39, 0.29) is 23.9 Å². The van der Waals surface area contributed by atoms with E-state index in [1.54, 1.807) is 0 Å². The van der Waals surface area contributed by atoms with Crippen LogP contribution in [0.3, 0.4) is 0 Å². The summed E-state index contributed by atoms with van der Waals surface area (Å²) in [5.74, 6) is -7.30. The van der Waals surface area contributed by atoms with Gasteiger partial charge in [-0.1, -0.05) is 0 Å². The van der Waals surface area contributed by atoms with Crippen molar-refractivity contribution in [1.29, 1.82) is 0 Å². The molecule has 0 aliphatic heterocycles. The average Bonchev–Trinajstić information content (AvgIpc) is 3.02. The van der Waals surface area contributed by atoms with Crippen LogP contribution in [0.2, 0.25) is 0 Å². The molecule has 0 saturated heterocycles. The first-order valence-electron chi connectivity index (χ1n) is 6.79. The zero-order valence-electron chi connectivity index (χ0n) is 11.0. The van der Waals surface area contributed by atoms with Gasteiger partial charge in [-0.15, -0.1) is 0 Å². The SMILES string of the molecule is NC1C2CCC(C2)C1C(=O)Nc1c(F)c(F)cc(F)c1F. The van der Waals surface area contributed by atoms with Crippen molar-refractivity contribution < 1.29 is 22.4 Å². The van der Waals surface area contributed by atoms with Gasteiger partial charge in [0.05, 0.1) is 5.92 Å². The van der Waals surface area contributed by atoms with Gasteiger partial charge in [-0.05, 0) is 31.1 Å². The Kier molecular flexibility index (Phi) is 3.39. The molecule has 2 saturated carbocycles.